The Bertz CT molecular complexity index is 368. The highest BCUT2D eigenvalue weighted by atomic mass is 28.3. The van der Waals surface area contributed by atoms with Gasteiger partial charge >= 0.3 is 0 Å². The molecule has 1 saturated carbocycles. The van der Waals surface area contributed by atoms with E-state index in [1.807, 2.05) is 0 Å². The predicted molar refractivity (Wildman–Crippen MR) is 124 cm³/mol. The molecule has 1 aliphatic rings. The van der Waals surface area contributed by atoms with E-state index in [0.29, 0.717) is 0 Å². The summed E-state index contributed by atoms with van der Waals surface area (Å²) < 4.78 is 0. The highest BCUT2D eigenvalue weighted by Crippen LogP contribution is 2.32. The number of rotatable bonds is 14. The van der Waals surface area contributed by atoms with Crippen LogP contribution in [0.4, 0.5) is 0 Å². The molecule has 0 amide bonds. The van der Waals surface area contributed by atoms with Gasteiger partial charge in [-0.05, 0) is 31.1 Å². The van der Waals surface area contributed by atoms with Crippen molar-refractivity contribution in [3.05, 3.63) is 24.3 Å². The van der Waals surface area contributed by atoms with E-state index in [1.54, 1.807) is 0 Å². The van der Waals surface area contributed by atoms with Crippen LogP contribution in [0.5, 0.6) is 0 Å². The van der Waals surface area contributed by atoms with Gasteiger partial charge in [0.1, 0.15) is 0 Å². The Kier molecular flexibility index (Phi) is 13.4. The van der Waals surface area contributed by atoms with Crippen LogP contribution in [0, 0.1) is 11.8 Å². The van der Waals surface area contributed by atoms with Crippen LogP contribution in [0.25, 0.3) is 0 Å². The third-order valence-electron chi connectivity index (χ3n) is 5.84. The van der Waals surface area contributed by atoms with E-state index in [0.717, 1.165) is 11.8 Å². The van der Waals surface area contributed by atoms with Gasteiger partial charge in [0.05, 0.1) is 0 Å². The minimum Gasteiger partial charge on any atom is -0.0845 e. The average Bonchev–Trinajstić information content (AvgIpc) is 2.59. The monoisotopic (exact) mass is 376 g/mol. The zero-order valence-corrected chi connectivity index (χ0v) is 19.6. The molecule has 1 rings (SSSR count). The first kappa shape index (κ1) is 23.7. The van der Waals surface area contributed by atoms with E-state index in [4.69, 9.17) is 0 Å². The van der Waals surface area contributed by atoms with Gasteiger partial charge in [-0.1, -0.05) is 128 Å². The molecule has 0 spiro atoms. The zero-order chi connectivity index (χ0) is 19.1. The summed E-state index contributed by atoms with van der Waals surface area (Å²) in [4.78, 5) is 0. The molecule has 1 aliphatic carbocycles. The lowest BCUT2D eigenvalue weighted by Crippen LogP contribution is -2.24. The van der Waals surface area contributed by atoms with Gasteiger partial charge in [0.15, 0.2) is 0 Å². The standard InChI is InChI=1S/C25H48Si/c1-5-6-7-8-9-10-11-12-13-14-16-21-25(23-26(2,3)4)22-24-19-17-15-18-20-24/h13-14,16,21,24-25H,5-12,15,17-20,22-23H2,1-4H3/b14-13+,21-16+. The van der Waals surface area contributed by atoms with Crippen molar-refractivity contribution >= 4 is 8.07 Å². The van der Waals surface area contributed by atoms with Gasteiger partial charge in [0, 0.05) is 8.07 Å². The van der Waals surface area contributed by atoms with Crippen molar-refractivity contribution in [1.29, 1.82) is 0 Å². The number of hydrogen-bond donors (Lipinski definition) is 0. The molecule has 1 atom stereocenters. The molecule has 0 N–H and O–H groups in total. The maximum Gasteiger partial charge on any atom is 0.0448 e. The average molecular weight is 377 g/mol. The van der Waals surface area contributed by atoms with Gasteiger partial charge in [-0.2, -0.15) is 0 Å². The number of allylic oxidation sites excluding steroid dienone is 4. The molecule has 0 aromatic carbocycles. The lowest BCUT2D eigenvalue weighted by Gasteiger charge is -2.28. The van der Waals surface area contributed by atoms with Crippen LogP contribution in [-0.4, -0.2) is 8.07 Å². The smallest absolute Gasteiger partial charge is 0.0448 e. The quantitative estimate of drug-likeness (QED) is 0.161. The van der Waals surface area contributed by atoms with Crippen LogP contribution >= 0.6 is 0 Å². The van der Waals surface area contributed by atoms with Gasteiger partial charge < -0.3 is 0 Å². The summed E-state index contributed by atoms with van der Waals surface area (Å²) in [5.41, 5.74) is 0. The lowest BCUT2D eigenvalue weighted by atomic mass is 9.83. The summed E-state index contributed by atoms with van der Waals surface area (Å²) in [6, 6.07) is 1.46. The Labute approximate surface area is 166 Å². The summed E-state index contributed by atoms with van der Waals surface area (Å²) >= 11 is 0. The molecule has 1 heteroatoms. The van der Waals surface area contributed by atoms with Gasteiger partial charge in [-0.3, -0.25) is 0 Å². The molecule has 152 valence electrons. The first-order valence-corrected chi connectivity index (χ1v) is 15.6. The number of unbranched alkanes of at least 4 members (excludes halogenated alkanes) is 7. The fourth-order valence-electron chi connectivity index (χ4n) is 4.48. The van der Waals surface area contributed by atoms with E-state index in [-0.39, 0.29) is 0 Å². The van der Waals surface area contributed by atoms with Crippen molar-refractivity contribution in [3.8, 4) is 0 Å². The zero-order valence-electron chi connectivity index (χ0n) is 18.6. The fraction of sp³-hybridized carbons (Fsp3) is 0.840. The highest BCUT2D eigenvalue weighted by Gasteiger charge is 2.22. The van der Waals surface area contributed by atoms with Crippen LogP contribution in [-0.2, 0) is 0 Å². The summed E-state index contributed by atoms with van der Waals surface area (Å²) in [5.74, 6) is 1.83. The summed E-state index contributed by atoms with van der Waals surface area (Å²) in [6.07, 6.45) is 29.7. The SMILES string of the molecule is CCCCCCCCC/C=C/C=C/C(CC1CCCCC1)C[Si](C)(C)C. The fourth-order valence-corrected chi connectivity index (χ4v) is 6.36. The van der Waals surface area contributed by atoms with Crippen LogP contribution in [0.1, 0.15) is 96.8 Å². The third-order valence-corrected chi connectivity index (χ3v) is 7.59. The molecule has 1 fully saturated rings. The summed E-state index contributed by atoms with van der Waals surface area (Å²) in [7, 11) is -0.980. The Morgan fingerprint density at radius 2 is 1.50 bits per heavy atom. The van der Waals surface area contributed by atoms with Crippen LogP contribution in [0.15, 0.2) is 24.3 Å². The van der Waals surface area contributed by atoms with Crippen molar-refractivity contribution in [3.63, 3.8) is 0 Å². The second-order valence-corrected chi connectivity index (χ2v) is 15.5. The van der Waals surface area contributed by atoms with Crippen molar-refractivity contribution in [1.82, 2.24) is 0 Å². The van der Waals surface area contributed by atoms with Gasteiger partial charge in [-0.25, -0.2) is 0 Å². The Morgan fingerprint density at radius 1 is 0.846 bits per heavy atom. The minimum absolute atomic E-state index is 0.827. The van der Waals surface area contributed by atoms with E-state index >= 15 is 0 Å². The van der Waals surface area contributed by atoms with E-state index in [1.165, 1.54) is 95.9 Å². The van der Waals surface area contributed by atoms with Crippen molar-refractivity contribution in [2.75, 3.05) is 0 Å². The van der Waals surface area contributed by atoms with E-state index in [2.05, 4.69) is 50.9 Å². The second-order valence-electron chi connectivity index (χ2n) is 9.99. The van der Waals surface area contributed by atoms with Crippen molar-refractivity contribution in [2.24, 2.45) is 11.8 Å². The first-order chi connectivity index (χ1) is 12.5. The van der Waals surface area contributed by atoms with Crippen LogP contribution in [0.3, 0.4) is 0 Å². The molecule has 0 heterocycles. The Hall–Kier alpha value is -0.303. The van der Waals surface area contributed by atoms with Gasteiger partial charge in [0.25, 0.3) is 0 Å². The maximum absolute atomic E-state index is 2.55. The van der Waals surface area contributed by atoms with E-state index in [9.17, 15) is 0 Å². The summed E-state index contributed by atoms with van der Waals surface area (Å²) in [5, 5.41) is 0. The lowest BCUT2D eigenvalue weighted by molar-refractivity contribution is 0.314. The van der Waals surface area contributed by atoms with Crippen LogP contribution < -0.4 is 0 Å². The Balaban J connectivity index is 2.24. The first-order valence-electron chi connectivity index (χ1n) is 11.8. The third kappa shape index (κ3) is 13.8. The molecular weight excluding hydrogens is 328 g/mol. The molecule has 0 aromatic heterocycles. The van der Waals surface area contributed by atoms with Gasteiger partial charge in [-0.15, -0.1) is 0 Å². The topological polar surface area (TPSA) is 0 Å². The summed E-state index contributed by atoms with van der Waals surface area (Å²) in [6.45, 7) is 9.89. The molecule has 0 aromatic rings. The second kappa shape index (κ2) is 14.7. The molecule has 0 aliphatic heterocycles. The molecule has 0 radical (unpaired) electrons. The highest BCUT2D eigenvalue weighted by molar-refractivity contribution is 6.76. The number of hydrogen-bond acceptors (Lipinski definition) is 0. The van der Waals surface area contributed by atoms with Gasteiger partial charge in [0.2, 0.25) is 0 Å². The predicted octanol–water partition coefficient (Wildman–Crippen LogP) is 9.16. The molecule has 1 unspecified atom stereocenters. The largest absolute Gasteiger partial charge is 0.0845 e. The molecule has 0 nitrogen and oxygen atoms in total. The molecule has 0 saturated heterocycles. The molecular formula is C25H48Si. The van der Waals surface area contributed by atoms with Crippen LogP contribution in [0.2, 0.25) is 25.7 Å². The molecule has 26 heavy (non-hydrogen) atoms. The van der Waals surface area contributed by atoms with E-state index < -0.39 is 8.07 Å². The van der Waals surface area contributed by atoms with Crippen molar-refractivity contribution < 1.29 is 0 Å². The normalized spacial score (nSPS) is 18.2. The van der Waals surface area contributed by atoms with Crippen molar-refractivity contribution in [2.45, 2.75) is 123 Å². The minimum atomic E-state index is -0.980. The Morgan fingerprint density at radius 3 is 2.15 bits per heavy atom. The molecule has 0 bridgehead atoms. The maximum atomic E-state index is 2.55.